The van der Waals surface area contributed by atoms with E-state index in [1.54, 1.807) is 24.3 Å². The number of carbonyl (C=O) groups is 2. The van der Waals surface area contributed by atoms with Gasteiger partial charge in [-0.05, 0) is 24.1 Å². The number of nitrogens with zero attached hydrogens (tertiary/aromatic N) is 3. The summed E-state index contributed by atoms with van der Waals surface area (Å²) in [6, 6.07) is 2.88. The molecule has 7 heteroatoms. The molecule has 108 valence electrons. The minimum atomic E-state index is -0.939. The molecule has 0 bridgehead atoms. The maximum absolute atomic E-state index is 12.2. The third-order valence-corrected chi connectivity index (χ3v) is 4.24. The van der Waals surface area contributed by atoms with Gasteiger partial charge in [0.05, 0.1) is 5.88 Å². The fourth-order valence-electron chi connectivity index (χ4n) is 2.00. The Hall–Kier alpha value is -1.76. The Kier molecular flexibility index (Phi) is 4.84. The summed E-state index contributed by atoms with van der Waals surface area (Å²) in [6.07, 6.45) is 4.16. The van der Waals surface area contributed by atoms with Crippen LogP contribution in [0.25, 0.3) is 0 Å². The second kappa shape index (κ2) is 6.60. The number of amides is 2. The molecule has 0 saturated carbocycles. The van der Waals surface area contributed by atoms with Crippen molar-refractivity contribution >= 4 is 23.8 Å². The Morgan fingerprint density at radius 2 is 2.20 bits per heavy atom. The summed E-state index contributed by atoms with van der Waals surface area (Å²) in [6.45, 7) is 0.552. The first kappa shape index (κ1) is 14.6. The summed E-state index contributed by atoms with van der Waals surface area (Å²) in [5, 5.41) is 9.09. The van der Waals surface area contributed by atoms with Crippen LogP contribution in [0.5, 0.6) is 0 Å². The van der Waals surface area contributed by atoms with Gasteiger partial charge in [-0.25, -0.2) is 9.59 Å². The SMILES string of the molecule is CN(CCc1ccncc1)C(=O)N1CSCC1C(=O)O. The summed E-state index contributed by atoms with van der Waals surface area (Å²) < 4.78 is 0. The molecule has 1 aromatic heterocycles. The summed E-state index contributed by atoms with van der Waals surface area (Å²) >= 11 is 1.47. The molecule has 2 rings (SSSR count). The Balaban J connectivity index is 1.90. The molecule has 2 amide bonds. The van der Waals surface area contributed by atoms with Gasteiger partial charge in [-0.2, -0.15) is 0 Å². The van der Waals surface area contributed by atoms with Crippen LogP contribution in [0.15, 0.2) is 24.5 Å². The predicted molar refractivity (Wildman–Crippen MR) is 76.6 cm³/mol. The van der Waals surface area contributed by atoms with Crippen molar-refractivity contribution in [2.75, 3.05) is 25.2 Å². The van der Waals surface area contributed by atoms with Crippen molar-refractivity contribution < 1.29 is 14.7 Å². The third-order valence-electron chi connectivity index (χ3n) is 3.22. The Bertz CT molecular complexity index is 483. The number of thioether (sulfide) groups is 1. The van der Waals surface area contributed by atoms with Crippen molar-refractivity contribution in [2.45, 2.75) is 12.5 Å². The van der Waals surface area contributed by atoms with Crippen LogP contribution in [0, 0.1) is 0 Å². The van der Waals surface area contributed by atoms with E-state index in [0.717, 1.165) is 12.0 Å². The molecule has 1 atom stereocenters. The van der Waals surface area contributed by atoms with E-state index in [1.807, 2.05) is 12.1 Å². The summed E-state index contributed by atoms with van der Waals surface area (Å²) in [5.41, 5.74) is 1.10. The lowest BCUT2D eigenvalue weighted by Gasteiger charge is -2.27. The Labute approximate surface area is 121 Å². The molecular formula is C13H17N3O3S. The highest BCUT2D eigenvalue weighted by Gasteiger charge is 2.35. The van der Waals surface area contributed by atoms with Gasteiger partial charge in [-0.1, -0.05) is 0 Å². The van der Waals surface area contributed by atoms with Crippen LogP contribution >= 0.6 is 11.8 Å². The van der Waals surface area contributed by atoms with Crippen molar-refractivity contribution in [3.05, 3.63) is 30.1 Å². The van der Waals surface area contributed by atoms with Crippen LogP contribution in [0.2, 0.25) is 0 Å². The van der Waals surface area contributed by atoms with Crippen LogP contribution < -0.4 is 0 Å². The van der Waals surface area contributed by atoms with Gasteiger partial charge in [-0.15, -0.1) is 11.8 Å². The van der Waals surface area contributed by atoms with Crippen LogP contribution in [-0.4, -0.2) is 63.2 Å². The number of aliphatic carboxylic acids is 1. The minimum absolute atomic E-state index is 0.226. The molecule has 0 aliphatic carbocycles. The topological polar surface area (TPSA) is 73.7 Å². The number of carbonyl (C=O) groups excluding carboxylic acids is 1. The second-order valence-electron chi connectivity index (χ2n) is 4.63. The number of pyridine rings is 1. The minimum Gasteiger partial charge on any atom is -0.480 e. The highest BCUT2D eigenvalue weighted by atomic mass is 32.2. The molecule has 0 spiro atoms. The zero-order valence-corrected chi connectivity index (χ0v) is 12.0. The van der Waals surface area contributed by atoms with E-state index >= 15 is 0 Å². The normalized spacial score (nSPS) is 18.1. The molecule has 0 aromatic carbocycles. The zero-order chi connectivity index (χ0) is 14.5. The highest BCUT2D eigenvalue weighted by Crippen LogP contribution is 2.22. The van der Waals surface area contributed by atoms with Crippen LogP contribution in [0.1, 0.15) is 5.56 Å². The maximum atomic E-state index is 12.2. The molecule has 1 fully saturated rings. The lowest BCUT2D eigenvalue weighted by atomic mass is 10.2. The number of carboxylic acid groups (broad SMARTS) is 1. The number of hydrogen-bond acceptors (Lipinski definition) is 4. The number of aromatic nitrogens is 1. The molecular weight excluding hydrogens is 278 g/mol. The van der Waals surface area contributed by atoms with Crippen LogP contribution in [0.4, 0.5) is 4.79 Å². The van der Waals surface area contributed by atoms with Gasteiger partial charge in [0.25, 0.3) is 0 Å². The Morgan fingerprint density at radius 1 is 1.50 bits per heavy atom. The molecule has 2 heterocycles. The van der Waals surface area contributed by atoms with E-state index < -0.39 is 12.0 Å². The molecule has 1 aromatic rings. The van der Waals surface area contributed by atoms with Crippen molar-refractivity contribution in [1.82, 2.24) is 14.8 Å². The van der Waals surface area contributed by atoms with E-state index in [1.165, 1.54) is 16.7 Å². The lowest BCUT2D eigenvalue weighted by molar-refractivity contribution is -0.140. The second-order valence-corrected chi connectivity index (χ2v) is 5.63. The van der Waals surface area contributed by atoms with E-state index in [4.69, 9.17) is 5.11 Å². The third kappa shape index (κ3) is 3.41. The number of urea groups is 1. The number of hydrogen-bond donors (Lipinski definition) is 1. The first-order valence-corrected chi connectivity index (χ1v) is 7.46. The van der Waals surface area contributed by atoms with E-state index in [9.17, 15) is 9.59 Å². The first-order chi connectivity index (χ1) is 9.59. The van der Waals surface area contributed by atoms with Crippen LogP contribution in [0.3, 0.4) is 0 Å². The lowest BCUT2D eigenvalue weighted by Crippen LogP contribution is -2.47. The average Bonchev–Trinajstić information content (AvgIpc) is 2.94. The smallest absolute Gasteiger partial charge is 0.327 e. The van der Waals surface area contributed by atoms with Gasteiger partial charge in [-0.3, -0.25) is 4.98 Å². The van der Waals surface area contributed by atoms with Crippen molar-refractivity contribution in [1.29, 1.82) is 0 Å². The predicted octanol–water partition coefficient (Wildman–Crippen LogP) is 1.14. The summed E-state index contributed by atoms with van der Waals surface area (Å²) in [4.78, 5) is 30.3. The highest BCUT2D eigenvalue weighted by molar-refractivity contribution is 7.99. The largest absolute Gasteiger partial charge is 0.480 e. The monoisotopic (exact) mass is 295 g/mol. The van der Waals surface area contributed by atoms with Crippen LogP contribution in [-0.2, 0) is 11.2 Å². The number of carboxylic acids is 1. The van der Waals surface area contributed by atoms with E-state index in [0.29, 0.717) is 18.2 Å². The molecule has 1 aliphatic rings. The molecule has 20 heavy (non-hydrogen) atoms. The molecule has 1 aliphatic heterocycles. The zero-order valence-electron chi connectivity index (χ0n) is 11.2. The standard InChI is InChI=1S/C13H17N3O3S/c1-15(7-4-10-2-5-14-6-3-10)13(19)16-9-20-8-11(16)12(17)18/h2-3,5-6,11H,4,7-9H2,1H3,(H,17,18). The summed E-state index contributed by atoms with van der Waals surface area (Å²) in [7, 11) is 1.70. The van der Waals surface area contributed by atoms with E-state index in [-0.39, 0.29) is 6.03 Å². The first-order valence-electron chi connectivity index (χ1n) is 6.31. The number of rotatable bonds is 4. The molecule has 0 radical (unpaired) electrons. The van der Waals surface area contributed by atoms with Gasteiger partial charge in [0.15, 0.2) is 0 Å². The Morgan fingerprint density at radius 3 is 2.85 bits per heavy atom. The van der Waals surface area contributed by atoms with Gasteiger partial charge >= 0.3 is 12.0 Å². The van der Waals surface area contributed by atoms with Crippen molar-refractivity contribution in [3.8, 4) is 0 Å². The summed E-state index contributed by atoms with van der Waals surface area (Å²) in [5.74, 6) is -0.0415. The molecule has 1 N–H and O–H groups in total. The van der Waals surface area contributed by atoms with Gasteiger partial charge in [0, 0.05) is 31.7 Å². The van der Waals surface area contributed by atoms with Crippen molar-refractivity contribution in [3.63, 3.8) is 0 Å². The fourth-order valence-corrected chi connectivity index (χ4v) is 3.14. The van der Waals surface area contributed by atoms with Gasteiger partial charge in [0.1, 0.15) is 6.04 Å². The molecule has 6 nitrogen and oxygen atoms in total. The average molecular weight is 295 g/mol. The fraction of sp³-hybridized carbons (Fsp3) is 0.462. The molecule has 1 unspecified atom stereocenters. The quantitative estimate of drug-likeness (QED) is 0.901. The number of likely N-dealkylation sites (N-methyl/N-ethyl adjacent to an activating group) is 1. The van der Waals surface area contributed by atoms with E-state index in [2.05, 4.69) is 4.98 Å². The van der Waals surface area contributed by atoms with Gasteiger partial charge in [0.2, 0.25) is 0 Å². The molecule has 1 saturated heterocycles. The van der Waals surface area contributed by atoms with Gasteiger partial charge < -0.3 is 14.9 Å². The van der Waals surface area contributed by atoms with Crippen molar-refractivity contribution in [2.24, 2.45) is 0 Å². The maximum Gasteiger partial charge on any atom is 0.327 e.